The normalized spacial score (nSPS) is 17.2. The Morgan fingerprint density at radius 3 is 1.64 bits per heavy atom. The standard InChI is InChI=1S/C44H28O/c1-3-14-29(15-4-1)31-18-13-19-32(28-31)41-34-20-7-9-22-36(34)42(37-23-10-8-21-35(37)41)44-33(30-16-5-2-6-17-30)26-27-40-43(44)38-24-11-12-25-39(38)45-40/h1-28H/i1D,2D,3D,4D,5D,6D,7D,8D,9D,10D,14D,15D,16D,17D,20D,21D,22D,23D. The van der Waals surface area contributed by atoms with Gasteiger partial charge in [0.25, 0.3) is 0 Å². The Hall–Kier alpha value is -5.92. The molecule has 0 aliphatic rings. The van der Waals surface area contributed by atoms with Crippen molar-refractivity contribution in [2.24, 2.45) is 0 Å². The molecule has 8 aromatic carbocycles. The fourth-order valence-corrected chi connectivity index (χ4v) is 6.06. The SMILES string of the molecule is [2H]c1c([2H])c([2H])c(-c2cccc(-c3c4c([2H])c([2H])c([2H])c([2H])c4c(-c4c(-c5c([2H])c([2H])c([2H])c([2H])c5[2H])ccc5oc6ccccc6c45)c4c([2H])c([2H])c([2H])c([2H])c34)c2)c([2H])c1[2H]. The highest BCUT2D eigenvalue weighted by molar-refractivity contribution is 6.27. The van der Waals surface area contributed by atoms with E-state index < -0.39 is 109 Å². The summed E-state index contributed by atoms with van der Waals surface area (Å²) in [7, 11) is 0. The molecule has 1 heterocycles. The number of furan rings is 1. The van der Waals surface area contributed by atoms with E-state index in [1.807, 2.05) is 0 Å². The molecule has 210 valence electrons. The highest BCUT2D eigenvalue weighted by atomic mass is 16.3. The smallest absolute Gasteiger partial charge is 0.136 e. The summed E-state index contributed by atoms with van der Waals surface area (Å²) in [6.45, 7) is 0. The molecule has 1 nitrogen and oxygen atoms in total. The summed E-state index contributed by atoms with van der Waals surface area (Å²) >= 11 is 0. The molecular weight excluding hydrogens is 544 g/mol. The van der Waals surface area contributed by atoms with Gasteiger partial charge in [-0.15, -0.1) is 0 Å². The Bertz CT molecular complexity index is 3420. The van der Waals surface area contributed by atoms with Gasteiger partial charge in [0.05, 0.1) is 24.7 Å². The lowest BCUT2D eigenvalue weighted by Gasteiger charge is -2.20. The van der Waals surface area contributed by atoms with Crippen molar-refractivity contribution in [3.8, 4) is 44.5 Å². The second-order valence-electron chi connectivity index (χ2n) is 10.3. The lowest BCUT2D eigenvalue weighted by atomic mass is 9.82. The van der Waals surface area contributed by atoms with Crippen molar-refractivity contribution >= 4 is 43.5 Å². The molecule has 0 fully saturated rings. The summed E-state index contributed by atoms with van der Waals surface area (Å²) in [5.74, 6) is 0. The molecule has 0 aliphatic heterocycles. The Morgan fingerprint density at radius 2 is 0.956 bits per heavy atom. The summed E-state index contributed by atoms with van der Waals surface area (Å²) < 4.78 is 166. The molecular formula is C44H28O. The summed E-state index contributed by atoms with van der Waals surface area (Å²) in [4.78, 5) is 0. The van der Waals surface area contributed by atoms with E-state index in [0.717, 1.165) is 0 Å². The lowest BCUT2D eigenvalue weighted by Crippen LogP contribution is -1.94. The lowest BCUT2D eigenvalue weighted by molar-refractivity contribution is 0.669. The van der Waals surface area contributed by atoms with Crippen LogP contribution in [0.3, 0.4) is 0 Å². The molecule has 0 atom stereocenters. The van der Waals surface area contributed by atoms with E-state index in [4.69, 9.17) is 23.6 Å². The summed E-state index contributed by atoms with van der Waals surface area (Å²) in [5.41, 5.74) is 0.0219. The molecule has 9 aromatic rings. The first kappa shape index (κ1) is 13.4. The van der Waals surface area contributed by atoms with Gasteiger partial charge < -0.3 is 4.42 Å². The van der Waals surface area contributed by atoms with Gasteiger partial charge in [-0.25, -0.2) is 0 Å². The molecule has 0 radical (unpaired) electrons. The third-order valence-electron chi connectivity index (χ3n) is 7.88. The Balaban J connectivity index is 1.60. The van der Waals surface area contributed by atoms with Crippen LogP contribution in [0.2, 0.25) is 0 Å². The van der Waals surface area contributed by atoms with E-state index in [-0.39, 0.29) is 77.0 Å². The maximum absolute atomic E-state index is 9.59. The number of rotatable bonds is 4. The van der Waals surface area contributed by atoms with E-state index in [1.54, 1.807) is 24.3 Å². The Labute approximate surface area is 286 Å². The molecule has 0 aliphatic carbocycles. The highest BCUT2D eigenvalue weighted by Crippen LogP contribution is 2.50. The van der Waals surface area contributed by atoms with Gasteiger partial charge in [0, 0.05) is 16.3 Å². The minimum atomic E-state index is -0.707. The zero-order valence-electron chi connectivity index (χ0n) is 41.2. The van der Waals surface area contributed by atoms with Crippen LogP contribution in [0.1, 0.15) is 24.7 Å². The molecule has 0 saturated carbocycles. The average Bonchev–Trinajstić information content (AvgIpc) is 3.66. The topological polar surface area (TPSA) is 13.1 Å². The third-order valence-corrected chi connectivity index (χ3v) is 7.88. The number of fused-ring (bicyclic) bond motifs is 5. The highest BCUT2D eigenvalue weighted by Gasteiger charge is 2.23. The Morgan fingerprint density at radius 1 is 0.378 bits per heavy atom. The average molecular weight is 591 g/mol. The van der Waals surface area contributed by atoms with Gasteiger partial charge in [0.15, 0.2) is 0 Å². The third kappa shape index (κ3) is 4.09. The molecule has 0 bridgehead atoms. The van der Waals surface area contributed by atoms with Crippen molar-refractivity contribution in [1.82, 2.24) is 0 Å². The molecule has 1 heteroatoms. The summed E-state index contributed by atoms with van der Waals surface area (Å²) in [5, 5.41) is -0.225. The van der Waals surface area contributed by atoms with Crippen LogP contribution < -0.4 is 0 Å². The van der Waals surface area contributed by atoms with E-state index in [1.165, 1.54) is 36.4 Å². The molecule has 0 spiro atoms. The van der Waals surface area contributed by atoms with Crippen LogP contribution >= 0.6 is 0 Å². The first-order valence-corrected chi connectivity index (χ1v) is 14.0. The van der Waals surface area contributed by atoms with Gasteiger partial charge in [0.1, 0.15) is 11.2 Å². The van der Waals surface area contributed by atoms with Crippen LogP contribution in [0.25, 0.3) is 88.0 Å². The van der Waals surface area contributed by atoms with Gasteiger partial charge in [-0.05, 0) is 78.7 Å². The minimum Gasteiger partial charge on any atom is -0.456 e. The molecule has 0 N–H and O–H groups in total. The van der Waals surface area contributed by atoms with E-state index in [2.05, 4.69) is 0 Å². The number of hydrogen-bond donors (Lipinski definition) is 0. The van der Waals surface area contributed by atoms with Gasteiger partial charge >= 0.3 is 0 Å². The van der Waals surface area contributed by atoms with Crippen LogP contribution in [-0.2, 0) is 0 Å². The Kier molecular flexibility index (Phi) is 3.08. The van der Waals surface area contributed by atoms with Crippen molar-refractivity contribution < 1.29 is 29.1 Å². The summed E-state index contributed by atoms with van der Waals surface area (Å²) in [6, 6.07) is 4.32. The van der Waals surface area contributed by atoms with Crippen molar-refractivity contribution in [1.29, 1.82) is 0 Å². The van der Waals surface area contributed by atoms with Gasteiger partial charge in [-0.2, -0.15) is 0 Å². The first-order valence-electron chi connectivity index (χ1n) is 23.0. The molecule has 0 saturated heterocycles. The van der Waals surface area contributed by atoms with Crippen molar-refractivity contribution in [3.63, 3.8) is 0 Å². The molecule has 1 aromatic heterocycles. The van der Waals surface area contributed by atoms with Crippen LogP contribution in [-0.4, -0.2) is 0 Å². The van der Waals surface area contributed by atoms with Crippen LogP contribution in [0.4, 0.5) is 0 Å². The van der Waals surface area contributed by atoms with E-state index in [9.17, 15) is 5.48 Å². The number of hydrogen-bond acceptors (Lipinski definition) is 1. The largest absolute Gasteiger partial charge is 0.456 e. The number of para-hydroxylation sites is 1. The van der Waals surface area contributed by atoms with Gasteiger partial charge in [0.2, 0.25) is 0 Å². The second-order valence-corrected chi connectivity index (χ2v) is 10.3. The fraction of sp³-hybridized carbons (Fsp3) is 0. The maximum Gasteiger partial charge on any atom is 0.136 e. The van der Waals surface area contributed by atoms with Crippen LogP contribution in [0, 0.1) is 0 Å². The zero-order chi connectivity index (χ0) is 45.4. The predicted octanol–water partition coefficient (Wildman–Crippen LogP) is 12.6. The summed E-state index contributed by atoms with van der Waals surface area (Å²) in [6.07, 6.45) is 0. The van der Waals surface area contributed by atoms with Crippen LogP contribution in [0.5, 0.6) is 0 Å². The molecule has 45 heavy (non-hydrogen) atoms. The van der Waals surface area contributed by atoms with Gasteiger partial charge in [-0.1, -0.05) is 151 Å². The van der Waals surface area contributed by atoms with Crippen molar-refractivity contribution in [3.05, 3.63) is 169 Å². The van der Waals surface area contributed by atoms with Crippen molar-refractivity contribution in [2.75, 3.05) is 0 Å². The van der Waals surface area contributed by atoms with Gasteiger partial charge in [-0.3, -0.25) is 0 Å². The van der Waals surface area contributed by atoms with E-state index >= 15 is 0 Å². The molecule has 0 amide bonds. The van der Waals surface area contributed by atoms with E-state index in [0.29, 0.717) is 11.0 Å². The quantitative estimate of drug-likeness (QED) is 0.186. The van der Waals surface area contributed by atoms with Crippen LogP contribution in [0.15, 0.2) is 174 Å². The monoisotopic (exact) mass is 590 g/mol. The van der Waals surface area contributed by atoms with Crippen molar-refractivity contribution in [2.45, 2.75) is 0 Å². The minimum absolute atomic E-state index is 0.000438. The zero-order valence-corrected chi connectivity index (χ0v) is 23.2. The predicted molar refractivity (Wildman–Crippen MR) is 190 cm³/mol. The maximum atomic E-state index is 9.59. The first-order chi connectivity index (χ1) is 29.8. The fourth-order valence-electron chi connectivity index (χ4n) is 6.06. The molecule has 9 rings (SSSR count). The molecule has 0 unspecified atom stereocenters. The second kappa shape index (κ2) is 10.4. The number of benzene rings is 8.